The van der Waals surface area contributed by atoms with Crippen molar-refractivity contribution in [2.75, 3.05) is 0 Å². The molecule has 0 aromatic heterocycles. The zero-order chi connectivity index (χ0) is 38.4. The third-order valence-electron chi connectivity index (χ3n) is 15.4. The summed E-state index contributed by atoms with van der Waals surface area (Å²) in [6, 6.07) is 40.7. The van der Waals surface area contributed by atoms with Crippen molar-refractivity contribution in [1.29, 1.82) is 0 Å². The molecule has 7 aromatic carbocycles. The summed E-state index contributed by atoms with van der Waals surface area (Å²) in [6.07, 6.45) is 5.87. The van der Waals surface area contributed by atoms with Gasteiger partial charge in [0.25, 0.3) is 0 Å². The molecule has 272 valence electrons. The SMILES string of the molecule is Cc1cc2c3c4c(cccc14)C(C)(C)c1cc(C4=CC=C(c5ccc6c(c5)C(C)(C)c5cc7c(cc5-6)C(C)(C)c5ccc6ccccc6c5-7)C4(C)C)cc(c1-3)C2. The molecule has 0 radical (unpaired) electrons. The second-order valence-electron chi connectivity index (χ2n) is 19.8. The Morgan fingerprint density at radius 2 is 1.05 bits per heavy atom. The van der Waals surface area contributed by atoms with Crippen LogP contribution in [0, 0.1) is 12.3 Å². The van der Waals surface area contributed by atoms with Gasteiger partial charge in [-0.15, -0.1) is 0 Å². The molecule has 0 nitrogen and oxygen atoms in total. The van der Waals surface area contributed by atoms with Gasteiger partial charge in [-0.25, -0.2) is 0 Å². The predicted octanol–water partition coefficient (Wildman–Crippen LogP) is 14.6. The lowest BCUT2D eigenvalue weighted by Gasteiger charge is -2.36. The monoisotopic (exact) mass is 720 g/mol. The molecule has 0 saturated heterocycles. The molecule has 7 aromatic rings. The van der Waals surface area contributed by atoms with E-state index < -0.39 is 0 Å². The molecular weight excluding hydrogens is 673 g/mol. The Morgan fingerprint density at radius 1 is 0.411 bits per heavy atom. The van der Waals surface area contributed by atoms with Crippen molar-refractivity contribution in [3.05, 3.63) is 176 Å². The van der Waals surface area contributed by atoms with Crippen molar-refractivity contribution in [3.63, 3.8) is 0 Å². The third-order valence-corrected chi connectivity index (χ3v) is 15.4. The van der Waals surface area contributed by atoms with Gasteiger partial charge in [0, 0.05) is 21.7 Å². The van der Waals surface area contributed by atoms with Crippen LogP contribution in [-0.2, 0) is 22.7 Å². The van der Waals surface area contributed by atoms with Crippen LogP contribution in [0.1, 0.15) is 117 Å². The molecule has 0 N–H and O–H groups in total. The minimum atomic E-state index is -0.146. The van der Waals surface area contributed by atoms with Crippen LogP contribution in [0.2, 0.25) is 0 Å². The average molecular weight is 721 g/mol. The lowest BCUT2D eigenvalue weighted by Crippen LogP contribution is -2.24. The first-order chi connectivity index (χ1) is 26.7. The van der Waals surface area contributed by atoms with Gasteiger partial charge < -0.3 is 0 Å². The predicted molar refractivity (Wildman–Crippen MR) is 238 cm³/mol. The number of benzene rings is 7. The van der Waals surface area contributed by atoms with Crippen LogP contribution in [0.15, 0.2) is 115 Å². The Balaban J connectivity index is 0.938. The Morgan fingerprint density at radius 3 is 1.88 bits per heavy atom. The zero-order valence-electron chi connectivity index (χ0n) is 34.2. The van der Waals surface area contributed by atoms with Gasteiger partial charge in [-0.2, -0.15) is 0 Å². The maximum absolute atomic E-state index is 2.56. The molecule has 56 heavy (non-hydrogen) atoms. The largest absolute Gasteiger partial charge is 0.0616 e. The normalized spacial score (nSPS) is 18.8. The Kier molecular flexibility index (Phi) is 5.90. The van der Waals surface area contributed by atoms with E-state index >= 15 is 0 Å². The first-order valence-electron chi connectivity index (χ1n) is 20.7. The van der Waals surface area contributed by atoms with E-state index in [0.717, 1.165) is 6.42 Å². The van der Waals surface area contributed by atoms with E-state index in [9.17, 15) is 0 Å². The minimum absolute atomic E-state index is 0.0556. The lowest BCUT2D eigenvalue weighted by atomic mass is 9.67. The molecule has 0 heteroatoms. The fraction of sp³-hybridized carbons (Fsp3) is 0.250. The van der Waals surface area contributed by atoms with Crippen molar-refractivity contribution in [2.45, 2.75) is 85.0 Å². The summed E-state index contributed by atoms with van der Waals surface area (Å²) >= 11 is 0. The molecule has 0 spiro atoms. The average Bonchev–Trinajstić information content (AvgIpc) is 3.84. The number of allylic oxidation sites excluding steroid dienone is 4. The third kappa shape index (κ3) is 3.77. The summed E-state index contributed by atoms with van der Waals surface area (Å²) in [4.78, 5) is 0. The van der Waals surface area contributed by atoms with E-state index in [1.165, 1.54) is 127 Å². The number of aryl methyl sites for hydroxylation is 1. The quantitative estimate of drug-likeness (QED) is 0.167. The van der Waals surface area contributed by atoms with Crippen molar-refractivity contribution in [1.82, 2.24) is 0 Å². The zero-order valence-corrected chi connectivity index (χ0v) is 34.2. The summed E-state index contributed by atoms with van der Waals surface area (Å²) in [7, 11) is 0. The van der Waals surface area contributed by atoms with E-state index in [2.05, 4.69) is 178 Å². The highest BCUT2D eigenvalue weighted by molar-refractivity contribution is 6.09. The van der Waals surface area contributed by atoms with Crippen LogP contribution in [0.4, 0.5) is 0 Å². The van der Waals surface area contributed by atoms with Gasteiger partial charge in [-0.1, -0.05) is 146 Å². The van der Waals surface area contributed by atoms with Crippen LogP contribution in [0.25, 0.3) is 66.1 Å². The second-order valence-corrected chi connectivity index (χ2v) is 19.8. The summed E-state index contributed by atoms with van der Waals surface area (Å²) in [5.74, 6) is 0. The molecule has 0 unspecified atom stereocenters. The highest BCUT2D eigenvalue weighted by Crippen LogP contribution is 2.60. The topological polar surface area (TPSA) is 0 Å². The van der Waals surface area contributed by atoms with Crippen LogP contribution in [0.5, 0.6) is 0 Å². The van der Waals surface area contributed by atoms with Gasteiger partial charge in [-0.3, -0.25) is 0 Å². The molecular formula is C56H48. The van der Waals surface area contributed by atoms with Crippen molar-refractivity contribution < 1.29 is 0 Å². The smallest absolute Gasteiger partial charge is 0.0159 e. The van der Waals surface area contributed by atoms with Crippen LogP contribution in [-0.4, -0.2) is 0 Å². The van der Waals surface area contributed by atoms with Gasteiger partial charge in [0.05, 0.1) is 0 Å². The van der Waals surface area contributed by atoms with Crippen LogP contribution in [0.3, 0.4) is 0 Å². The molecule has 0 saturated carbocycles. The summed E-state index contributed by atoms with van der Waals surface area (Å²) in [5.41, 5.74) is 26.9. The van der Waals surface area contributed by atoms with E-state index in [4.69, 9.17) is 0 Å². The number of fused-ring (bicyclic) bond motifs is 8. The highest BCUT2D eigenvalue weighted by atomic mass is 14.5. The molecule has 0 heterocycles. The Hall–Kier alpha value is -5.46. The molecule has 12 rings (SSSR count). The van der Waals surface area contributed by atoms with Crippen molar-refractivity contribution >= 4 is 32.7 Å². The van der Waals surface area contributed by atoms with E-state index in [1.807, 2.05) is 0 Å². The fourth-order valence-corrected chi connectivity index (χ4v) is 12.3. The van der Waals surface area contributed by atoms with Gasteiger partial charge in [-0.05, 0) is 165 Å². The summed E-state index contributed by atoms with van der Waals surface area (Å²) in [6.45, 7) is 21.8. The maximum Gasteiger partial charge on any atom is 0.0159 e. The van der Waals surface area contributed by atoms with Crippen LogP contribution >= 0.6 is 0 Å². The maximum atomic E-state index is 2.56. The first-order valence-corrected chi connectivity index (χ1v) is 20.7. The van der Waals surface area contributed by atoms with Gasteiger partial charge in [0.2, 0.25) is 0 Å². The lowest BCUT2D eigenvalue weighted by molar-refractivity contribution is 0.643. The van der Waals surface area contributed by atoms with Gasteiger partial charge in [0.15, 0.2) is 0 Å². The minimum Gasteiger partial charge on any atom is -0.0616 e. The molecule has 5 aliphatic rings. The second kappa shape index (κ2) is 10.1. The van der Waals surface area contributed by atoms with Gasteiger partial charge >= 0.3 is 0 Å². The van der Waals surface area contributed by atoms with Crippen molar-refractivity contribution in [3.8, 4) is 33.4 Å². The van der Waals surface area contributed by atoms with E-state index in [-0.39, 0.29) is 21.7 Å². The fourth-order valence-electron chi connectivity index (χ4n) is 12.3. The van der Waals surface area contributed by atoms with E-state index in [0.29, 0.717) is 0 Å². The Bertz CT molecular complexity index is 3090. The molecule has 0 amide bonds. The first kappa shape index (κ1) is 32.8. The van der Waals surface area contributed by atoms with E-state index in [1.54, 1.807) is 0 Å². The summed E-state index contributed by atoms with van der Waals surface area (Å²) in [5, 5.41) is 5.59. The van der Waals surface area contributed by atoms with Crippen molar-refractivity contribution in [2.24, 2.45) is 5.41 Å². The van der Waals surface area contributed by atoms with Crippen LogP contribution < -0.4 is 0 Å². The molecule has 0 aliphatic heterocycles. The molecule has 0 atom stereocenters. The summed E-state index contributed by atoms with van der Waals surface area (Å²) < 4.78 is 0. The molecule has 5 aliphatic carbocycles. The number of hydrogen-bond donors (Lipinski definition) is 0. The molecule has 0 fully saturated rings. The standard InChI is InChI=1S/C56H48/c1-30-23-34-25-35-24-33(27-48-49(35)50(34)52-36(30)15-12-16-43(52)55(48,6)7)42-22-21-41(53(42,2)3)32-17-19-38-39-28-47-40(29-46(39)56(8,9)45(38)26-32)51-37-14-11-10-13-31(37)18-20-44(51)54(47,4)5/h10-24,26-29H,25H2,1-9H3. The number of rotatable bonds is 2. The highest BCUT2D eigenvalue weighted by Gasteiger charge is 2.44. The number of hydrogen-bond acceptors (Lipinski definition) is 0. The Labute approximate surface area is 331 Å². The van der Waals surface area contributed by atoms with Gasteiger partial charge in [0.1, 0.15) is 0 Å². The molecule has 0 bridgehead atoms.